The number of carbonyl (C=O) groups excluding carboxylic acids is 1. The number of rotatable bonds is 3. The van der Waals surface area contributed by atoms with Gasteiger partial charge in [-0.1, -0.05) is 36.8 Å². The molecule has 0 fully saturated rings. The second-order valence-electron chi connectivity index (χ2n) is 7.79. The van der Waals surface area contributed by atoms with Gasteiger partial charge in [-0.05, 0) is 43.0 Å². The van der Waals surface area contributed by atoms with Crippen LogP contribution in [0.4, 0.5) is 5.69 Å². The number of nitrogens with one attached hydrogen (secondary N) is 1. The highest BCUT2D eigenvalue weighted by molar-refractivity contribution is 5.93. The van der Waals surface area contributed by atoms with E-state index >= 15 is 0 Å². The summed E-state index contributed by atoms with van der Waals surface area (Å²) in [6.07, 6.45) is 5.22. The maximum absolute atomic E-state index is 12.8. The molecule has 0 spiro atoms. The molecular weight excluding hydrogens is 364 g/mol. The Hall–Kier alpha value is -3.15. The van der Waals surface area contributed by atoms with E-state index in [4.69, 9.17) is 4.74 Å². The third-order valence-electron chi connectivity index (χ3n) is 5.75. The molecule has 1 unspecified atom stereocenters. The van der Waals surface area contributed by atoms with E-state index < -0.39 is 0 Å². The van der Waals surface area contributed by atoms with Crippen molar-refractivity contribution in [1.29, 1.82) is 0 Å². The Labute approximate surface area is 169 Å². The van der Waals surface area contributed by atoms with Crippen LogP contribution in [0.25, 0.3) is 11.4 Å². The molecule has 6 nitrogen and oxygen atoms in total. The molecule has 6 heteroatoms. The number of fused-ring (bicyclic) bond motifs is 2. The van der Waals surface area contributed by atoms with Crippen LogP contribution in [-0.2, 0) is 24.2 Å². The van der Waals surface area contributed by atoms with Gasteiger partial charge in [0, 0.05) is 24.2 Å². The Balaban J connectivity index is 1.33. The number of hydrogen-bond donors (Lipinski definition) is 1. The highest BCUT2D eigenvalue weighted by atomic mass is 16.5. The van der Waals surface area contributed by atoms with Crippen LogP contribution in [0.15, 0.2) is 48.5 Å². The molecule has 29 heavy (non-hydrogen) atoms. The first-order valence-corrected chi connectivity index (χ1v) is 10.3. The van der Waals surface area contributed by atoms with Crippen LogP contribution >= 0.6 is 0 Å². The number of hydrogen-bond acceptors (Lipinski definition) is 4. The van der Waals surface area contributed by atoms with Gasteiger partial charge in [-0.2, -0.15) is 0 Å². The lowest BCUT2D eigenvalue weighted by molar-refractivity contribution is -0.121. The predicted octanol–water partition coefficient (Wildman–Crippen LogP) is 3.86. The number of para-hydroxylation sites is 1. The van der Waals surface area contributed by atoms with Crippen molar-refractivity contribution in [3.63, 3.8) is 0 Å². The number of aryl methyl sites for hydroxylation is 1. The fourth-order valence-electron chi connectivity index (χ4n) is 4.18. The molecule has 1 amide bonds. The number of benzene rings is 2. The largest absolute Gasteiger partial charge is 0.492 e. The Morgan fingerprint density at radius 2 is 2.00 bits per heavy atom. The summed E-state index contributed by atoms with van der Waals surface area (Å²) in [4.78, 5) is 12.8. The Morgan fingerprint density at radius 1 is 1.07 bits per heavy atom. The lowest BCUT2D eigenvalue weighted by Gasteiger charge is -2.24. The van der Waals surface area contributed by atoms with Crippen molar-refractivity contribution < 1.29 is 9.53 Å². The van der Waals surface area contributed by atoms with Crippen LogP contribution in [0.2, 0.25) is 0 Å². The second kappa shape index (κ2) is 7.70. The fourth-order valence-corrected chi connectivity index (χ4v) is 4.18. The first-order valence-electron chi connectivity index (χ1n) is 10.3. The summed E-state index contributed by atoms with van der Waals surface area (Å²) in [5.41, 5.74) is 2.84. The summed E-state index contributed by atoms with van der Waals surface area (Å²) < 4.78 is 7.99. The zero-order chi connectivity index (χ0) is 19.6. The van der Waals surface area contributed by atoms with Crippen molar-refractivity contribution in [3.05, 3.63) is 59.9 Å². The standard InChI is InChI=1S/C23H24N4O2/c28-23(18-13-16-7-3-4-10-20(16)29-15-18)24-19-9-6-8-17(14-19)22-26-25-21-11-2-1-5-12-27(21)22/h3-4,6-10,14,18H,1-2,5,11-13,15H2,(H,24,28). The van der Waals surface area contributed by atoms with Gasteiger partial charge in [0.15, 0.2) is 5.82 Å². The van der Waals surface area contributed by atoms with Gasteiger partial charge in [0.1, 0.15) is 18.2 Å². The zero-order valence-corrected chi connectivity index (χ0v) is 16.3. The summed E-state index contributed by atoms with van der Waals surface area (Å²) in [5, 5.41) is 11.9. The quantitative estimate of drug-likeness (QED) is 0.740. The minimum Gasteiger partial charge on any atom is -0.492 e. The lowest BCUT2D eigenvalue weighted by atomic mass is 9.96. The van der Waals surface area contributed by atoms with Gasteiger partial charge < -0.3 is 14.6 Å². The number of amides is 1. The van der Waals surface area contributed by atoms with Crippen molar-refractivity contribution in [3.8, 4) is 17.1 Å². The van der Waals surface area contributed by atoms with Crippen molar-refractivity contribution in [1.82, 2.24) is 14.8 Å². The van der Waals surface area contributed by atoms with Crippen LogP contribution in [0, 0.1) is 5.92 Å². The van der Waals surface area contributed by atoms with Gasteiger partial charge >= 0.3 is 0 Å². The topological polar surface area (TPSA) is 69.0 Å². The van der Waals surface area contributed by atoms with Gasteiger partial charge in [-0.3, -0.25) is 4.79 Å². The Bertz CT molecular complexity index is 1040. The Kier molecular flexibility index (Phi) is 4.76. The molecule has 5 rings (SSSR count). The third-order valence-corrected chi connectivity index (χ3v) is 5.75. The molecule has 2 aliphatic heterocycles. The van der Waals surface area contributed by atoms with Gasteiger partial charge in [-0.15, -0.1) is 10.2 Å². The van der Waals surface area contributed by atoms with Crippen molar-refractivity contribution >= 4 is 11.6 Å². The maximum atomic E-state index is 12.8. The Morgan fingerprint density at radius 3 is 2.97 bits per heavy atom. The number of ether oxygens (including phenoxy) is 1. The van der Waals surface area contributed by atoms with Crippen molar-refractivity contribution in [2.75, 3.05) is 11.9 Å². The summed E-state index contributed by atoms with van der Waals surface area (Å²) in [6, 6.07) is 15.8. The number of aromatic nitrogens is 3. The summed E-state index contributed by atoms with van der Waals surface area (Å²) in [5.74, 6) is 2.61. The smallest absolute Gasteiger partial charge is 0.231 e. The van der Waals surface area contributed by atoms with Crippen LogP contribution in [0.3, 0.4) is 0 Å². The SMILES string of the molecule is O=C(Nc1cccc(-c2nnc3n2CCCCC3)c1)C1COc2ccccc2C1. The molecule has 148 valence electrons. The molecule has 0 bridgehead atoms. The summed E-state index contributed by atoms with van der Waals surface area (Å²) >= 11 is 0. The third kappa shape index (κ3) is 3.62. The van der Waals surface area contributed by atoms with Crippen molar-refractivity contribution in [2.24, 2.45) is 5.92 Å². The normalized spacial score (nSPS) is 18.1. The van der Waals surface area contributed by atoms with Gasteiger partial charge in [-0.25, -0.2) is 0 Å². The summed E-state index contributed by atoms with van der Waals surface area (Å²) in [7, 11) is 0. The highest BCUT2D eigenvalue weighted by Gasteiger charge is 2.26. The van der Waals surface area contributed by atoms with Crippen LogP contribution in [-0.4, -0.2) is 27.3 Å². The van der Waals surface area contributed by atoms with Gasteiger partial charge in [0.05, 0.1) is 5.92 Å². The minimum atomic E-state index is -0.196. The van der Waals surface area contributed by atoms with E-state index in [2.05, 4.69) is 20.1 Å². The average Bonchev–Trinajstić information content (AvgIpc) is 3.02. The van der Waals surface area contributed by atoms with E-state index in [0.717, 1.165) is 53.6 Å². The molecule has 1 atom stereocenters. The van der Waals surface area contributed by atoms with E-state index in [9.17, 15) is 4.79 Å². The predicted molar refractivity (Wildman–Crippen MR) is 111 cm³/mol. The molecule has 0 saturated carbocycles. The fraction of sp³-hybridized carbons (Fsp3) is 0.348. The van der Waals surface area contributed by atoms with Gasteiger partial charge in [0.2, 0.25) is 5.91 Å². The van der Waals surface area contributed by atoms with E-state index in [1.54, 1.807) is 0 Å². The molecule has 2 aromatic carbocycles. The minimum absolute atomic E-state index is 0.0169. The van der Waals surface area contributed by atoms with Crippen LogP contribution < -0.4 is 10.1 Å². The second-order valence-corrected chi connectivity index (χ2v) is 7.79. The summed E-state index contributed by atoms with van der Waals surface area (Å²) in [6.45, 7) is 1.35. The number of nitrogens with zero attached hydrogens (tertiary/aromatic N) is 3. The number of carbonyl (C=O) groups is 1. The monoisotopic (exact) mass is 388 g/mol. The van der Waals surface area contributed by atoms with Crippen LogP contribution in [0.5, 0.6) is 5.75 Å². The zero-order valence-electron chi connectivity index (χ0n) is 16.3. The van der Waals surface area contributed by atoms with Gasteiger partial charge in [0.25, 0.3) is 0 Å². The molecule has 3 aromatic rings. The first kappa shape index (κ1) is 17.9. The van der Waals surface area contributed by atoms with E-state index in [0.29, 0.717) is 13.0 Å². The molecule has 2 aliphatic rings. The van der Waals surface area contributed by atoms with E-state index in [1.165, 1.54) is 12.8 Å². The molecular formula is C23H24N4O2. The van der Waals surface area contributed by atoms with Crippen LogP contribution in [0.1, 0.15) is 30.7 Å². The van der Waals surface area contributed by atoms with Crippen molar-refractivity contribution in [2.45, 2.75) is 38.6 Å². The molecule has 3 heterocycles. The molecule has 0 radical (unpaired) electrons. The lowest BCUT2D eigenvalue weighted by Crippen LogP contribution is -2.32. The molecule has 0 aliphatic carbocycles. The average molecular weight is 388 g/mol. The first-order chi connectivity index (χ1) is 14.3. The van der Waals surface area contributed by atoms with E-state index in [-0.39, 0.29) is 11.8 Å². The molecule has 1 N–H and O–H groups in total. The highest BCUT2D eigenvalue weighted by Crippen LogP contribution is 2.28. The number of anilines is 1. The molecule has 1 aromatic heterocycles. The molecule has 0 saturated heterocycles. The van der Waals surface area contributed by atoms with E-state index in [1.807, 2.05) is 48.5 Å². The maximum Gasteiger partial charge on any atom is 0.231 e.